The maximum atomic E-state index is 13.4. The molecule has 6 heterocycles. The number of hydrogen-bond acceptors (Lipinski definition) is 11. The summed E-state index contributed by atoms with van der Waals surface area (Å²) >= 11 is 0. The summed E-state index contributed by atoms with van der Waals surface area (Å²) < 4.78 is 54.9. The van der Waals surface area contributed by atoms with Gasteiger partial charge in [0.1, 0.15) is 23.6 Å². The topological polar surface area (TPSA) is 192 Å². The molecule has 3 N–H and O–H groups in total. The van der Waals surface area contributed by atoms with Gasteiger partial charge in [-0.05, 0) is 114 Å². The molecule has 0 radical (unpaired) electrons. The Balaban J connectivity index is 0.779. The number of nitrogens with zero attached hydrogens (tertiary/aromatic N) is 7. The largest absolute Gasteiger partial charge is 0.444 e. The number of hydrogen-bond donors (Lipinski definition) is 3. The van der Waals surface area contributed by atoms with Crippen molar-refractivity contribution in [3.63, 3.8) is 0 Å². The number of amides is 3. The van der Waals surface area contributed by atoms with Gasteiger partial charge in [-0.25, -0.2) is 9.78 Å². The molecule has 19 heteroatoms. The second-order valence-electron chi connectivity index (χ2n) is 18.6. The predicted molar refractivity (Wildman–Crippen MR) is 237 cm³/mol. The number of ether oxygens (including phenoxy) is 1. The lowest BCUT2D eigenvalue weighted by molar-refractivity contribution is -0.136. The molecule has 5 aromatic rings. The molecule has 16 nitrogen and oxygen atoms in total. The second-order valence-corrected chi connectivity index (χ2v) is 18.6. The van der Waals surface area contributed by atoms with Crippen LogP contribution in [-0.2, 0) is 39.8 Å². The number of aryl methyl sites for hydroxylation is 3. The van der Waals surface area contributed by atoms with Crippen molar-refractivity contribution in [3.05, 3.63) is 82.1 Å². The number of halogens is 3. The number of aromatic nitrogens is 6. The van der Waals surface area contributed by atoms with Crippen LogP contribution in [0.25, 0.3) is 22.5 Å². The SMILES string of the molecule is Cn1c(=O)n(C2CCC(=O)NC2=O)c2ccc(CCCN3CCO[C@@H](CCCC4CCC(n5cc(NC(=O)c6coc(-c7ccnc(CCC(F)(F)F)c7)n6)c(C(C)(C)O)n5)CC4)C3)cc21. The number of imide groups is 1. The van der Waals surface area contributed by atoms with Crippen molar-refractivity contribution in [3.8, 4) is 11.5 Å². The standard InChI is InChI=1S/C47H58F3N9O7/c1-46(2,64)41-35(52-42(61)36-28-66-44(53-36)31-18-20-51-32(25-31)17-19-47(48,49)50)27-58(55-41)33-12-9-29(10-13-33)6-4-8-34-26-57(22-23-65-34)21-5-7-30-11-14-37-39(24-30)56(3)45(63)59(37)38-15-16-40(60)54-43(38)62/h11,14,18,20,24-25,27-29,33-34,38,64H,4-10,12-13,15-17,19,21-23,26H2,1-3H3,(H,52,61)(H,54,60,62)/t29?,33?,34-,38?/m0/s1. The summed E-state index contributed by atoms with van der Waals surface area (Å²) in [5, 5.41) is 20.9. The van der Waals surface area contributed by atoms with E-state index in [0.717, 1.165) is 88.5 Å². The maximum Gasteiger partial charge on any atom is 0.389 e. The quantitative estimate of drug-likeness (QED) is 0.0885. The molecule has 2 aliphatic heterocycles. The van der Waals surface area contributed by atoms with Crippen molar-refractivity contribution >= 4 is 34.4 Å². The minimum atomic E-state index is -4.31. The van der Waals surface area contributed by atoms with E-state index in [1.54, 1.807) is 37.7 Å². The number of aliphatic hydroxyl groups is 1. The van der Waals surface area contributed by atoms with E-state index in [1.165, 1.54) is 23.1 Å². The van der Waals surface area contributed by atoms with Crippen LogP contribution in [0.1, 0.15) is 124 Å². The molecule has 3 amide bonds. The lowest BCUT2D eigenvalue weighted by Crippen LogP contribution is -2.44. The van der Waals surface area contributed by atoms with Gasteiger partial charge in [-0.3, -0.25) is 43.4 Å². The zero-order valence-electron chi connectivity index (χ0n) is 37.6. The fourth-order valence-electron chi connectivity index (χ4n) is 9.63. The first-order valence-corrected chi connectivity index (χ1v) is 23.0. The first-order valence-electron chi connectivity index (χ1n) is 23.0. The minimum Gasteiger partial charge on any atom is -0.444 e. The normalized spacial score (nSPS) is 21.1. The highest BCUT2D eigenvalue weighted by Gasteiger charge is 2.33. The number of pyridine rings is 1. The van der Waals surface area contributed by atoms with Crippen molar-refractivity contribution in [2.24, 2.45) is 13.0 Å². The Kier molecular flexibility index (Phi) is 14.0. The lowest BCUT2D eigenvalue weighted by Gasteiger charge is -2.33. The van der Waals surface area contributed by atoms with Crippen molar-refractivity contribution in [1.29, 1.82) is 0 Å². The predicted octanol–water partition coefficient (Wildman–Crippen LogP) is 6.77. The van der Waals surface area contributed by atoms with Crippen LogP contribution in [0.5, 0.6) is 0 Å². The van der Waals surface area contributed by atoms with Crippen molar-refractivity contribution in [2.45, 2.75) is 127 Å². The smallest absolute Gasteiger partial charge is 0.389 e. The monoisotopic (exact) mass is 917 g/mol. The number of fused-ring (bicyclic) bond motifs is 1. The molecule has 1 aliphatic carbocycles. The number of piperidine rings is 1. The summed E-state index contributed by atoms with van der Waals surface area (Å²) in [5.41, 5.74) is 2.23. The Labute approximate surface area is 379 Å². The van der Waals surface area contributed by atoms with Crippen LogP contribution >= 0.6 is 0 Å². The Morgan fingerprint density at radius 3 is 2.56 bits per heavy atom. The van der Waals surface area contributed by atoms with Gasteiger partial charge in [0.15, 0.2) is 5.69 Å². The molecule has 3 fully saturated rings. The highest BCUT2D eigenvalue weighted by molar-refractivity contribution is 6.03. The molecule has 0 bridgehead atoms. The van der Waals surface area contributed by atoms with Gasteiger partial charge in [0.05, 0.1) is 35.5 Å². The highest BCUT2D eigenvalue weighted by Crippen LogP contribution is 2.37. The van der Waals surface area contributed by atoms with Crippen molar-refractivity contribution in [1.82, 2.24) is 39.1 Å². The van der Waals surface area contributed by atoms with E-state index in [9.17, 15) is 37.5 Å². The molecule has 354 valence electrons. The second kappa shape index (κ2) is 19.7. The Morgan fingerprint density at radius 1 is 1.00 bits per heavy atom. The van der Waals surface area contributed by atoms with Crippen LogP contribution in [-0.4, -0.2) is 95.1 Å². The third-order valence-corrected chi connectivity index (χ3v) is 13.2. The van der Waals surface area contributed by atoms with Gasteiger partial charge < -0.3 is 19.6 Å². The third kappa shape index (κ3) is 11.1. The zero-order chi connectivity index (χ0) is 46.8. The van der Waals surface area contributed by atoms with E-state index in [2.05, 4.69) is 25.5 Å². The van der Waals surface area contributed by atoms with Crippen LogP contribution in [0.2, 0.25) is 0 Å². The van der Waals surface area contributed by atoms with Gasteiger partial charge in [0.25, 0.3) is 5.91 Å². The van der Waals surface area contributed by atoms with Crippen molar-refractivity contribution in [2.75, 3.05) is 31.6 Å². The van der Waals surface area contributed by atoms with Gasteiger partial charge in [-0.15, -0.1) is 0 Å². The van der Waals surface area contributed by atoms with E-state index in [1.807, 2.05) is 22.9 Å². The number of morpholine rings is 1. The molecule has 3 aliphatic rings. The molecule has 1 saturated carbocycles. The number of benzene rings is 1. The molecule has 1 unspecified atom stereocenters. The lowest BCUT2D eigenvalue weighted by atomic mass is 9.83. The van der Waals surface area contributed by atoms with Gasteiger partial charge in [0.2, 0.25) is 17.7 Å². The van der Waals surface area contributed by atoms with E-state index in [4.69, 9.17) is 14.3 Å². The summed E-state index contributed by atoms with van der Waals surface area (Å²) in [6, 6.07) is 8.38. The number of imidazole rings is 1. The summed E-state index contributed by atoms with van der Waals surface area (Å²) in [7, 11) is 1.72. The molecular weight excluding hydrogens is 860 g/mol. The third-order valence-electron chi connectivity index (χ3n) is 13.2. The minimum absolute atomic E-state index is 0.0385. The fourth-order valence-corrected chi connectivity index (χ4v) is 9.63. The summed E-state index contributed by atoms with van der Waals surface area (Å²) in [6.07, 6.45) is 8.31. The molecule has 2 atom stereocenters. The number of carbonyl (C=O) groups is 3. The van der Waals surface area contributed by atoms with E-state index in [-0.39, 0.29) is 53.9 Å². The first-order chi connectivity index (χ1) is 31.5. The summed E-state index contributed by atoms with van der Waals surface area (Å²) in [4.78, 5) is 61.5. The molecular formula is C47H58F3N9O7. The highest BCUT2D eigenvalue weighted by atomic mass is 19.4. The molecule has 0 spiro atoms. The Morgan fingerprint density at radius 2 is 1.80 bits per heavy atom. The van der Waals surface area contributed by atoms with Crippen LogP contribution in [0.3, 0.4) is 0 Å². The first kappa shape index (κ1) is 46.9. The summed E-state index contributed by atoms with van der Waals surface area (Å²) in [6.45, 7) is 6.66. The number of rotatable bonds is 16. The van der Waals surface area contributed by atoms with E-state index in [0.29, 0.717) is 41.4 Å². The van der Waals surface area contributed by atoms with Gasteiger partial charge in [0, 0.05) is 56.6 Å². The number of alkyl halides is 3. The van der Waals surface area contributed by atoms with E-state index >= 15 is 0 Å². The molecule has 2 saturated heterocycles. The van der Waals surface area contributed by atoms with Gasteiger partial charge >= 0.3 is 11.9 Å². The molecule has 8 rings (SSSR count). The van der Waals surface area contributed by atoms with E-state index < -0.39 is 36.1 Å². The van der Waals surface area contributed by atoms with Gasteiger partial charge in [-0.2, -0.15) is 18.3 Å². The molecule has 66 heavy (non-hydrogen) atoms. The molecule has 4 aromatic heterocycles. The number of oxazole rings is 1. The van der Waals surface area contributed by atoms with Crippen LogP contribution in [0.4, 0.5) is 18.9 Å². The zero-order valence-corrected chi connectivity index (χ0v) is 37.6. The average Bonchev–Trinajstić information content (AvgIpc) is 4.01. The Bertz CT molecular complexity index is 2600. The van der Waals surface area contributed by atoms with Crippen molar-refractivity contribution < 1.29 is 41.8 Å². The number of anilines is 1. The number of carbonyl (C=O) groups excluding carboxylic acids is 3. The van der Waals surface area contributed by atoms with Crippen LogP contribution < -0.4 is 16.3 Å². The van der Waals surface area contributed by atoms with Gasteiger partial charge in [-0.1, -0.05) is 18.9 Å². The van der Waals surface area contributed by atoms with Crippen LogP contribution in [0, 0.1) is 5.92 Å². The van der Waals surface area contributed by atoms with Crippen LogP contribution in [0.15, 0.2) is 58.2 Å². The maximum absolute atomic E-state index is 13.4. The number of nitrogens with one attached hydrogen (secondary N) is 2. The Hall–Kier alpha value is -5.66. The average molecular weight is 918 g/mol. The summed E-state index contributed by atoms with van der Waals surface area (Å²) in [5.74, 6) is -0.678. The molecule has 1 aromatic carbocycles. The fraction of sp³-hybridized carbons (Fsp3) is 0.553.